The van der Waals surface area contributed by atoms with E-state index in [2.05, 4.69) is 5.32 Å². The third kappa shape index (κ3) is 9.21. The van der Waals surface area contributed by atoms with Crippen LogP contribution in [0.5, 0.6) is 0 Å². The van der Waals surface area contributed by atoms with Crippen molar-refractivity contribution in [3.8, 4) is 0 Å². The van der Waals surface area contributed by atoms with Gasteiger partial charge in [0, 0.05) is 42.0 Å². The number of halogens is 2. The molecule has 10 heteroatoms. The Bertz CT molecular complexity index is 1500. The van der Waals surface area contributed by atoms with Gasteiger partial charge in [0.1, 0.15) is 6.04 Å². The minimum atomic E-state index is -3.60. The summed E-state index contributed by atoms with van der Waals surface area (Å²) in [6, 6.07) is 19.1. The third-order valence-corrected chi connectivity index (χ3v) is 8.82. The van der Waals surface area contributed by atoms with E-state index in [1.807, 2.05) is 70.2 Å². The van der Waals surface area contributed by atoms with Gasteiger partial charge >= 0.3 is 0 Å². The highest BCUT2D eigenvalue weighted by Gasteiger charge is 2.31. The summed E-state index contributed by atoms with van der Waals surface area (Å²) < 4.78 is 26.9. The summed E-state index contributed by atoms with van der Waals surface area (Å²) in [6.07, 6.45) is 1.75. The monoisotopic (exact) mass is 631 g/mol. The topological polar surface area (TPSA) is 86.8 Å². The fourth-order valence-corrected chi connectivity index (χ4v) is 6.24. The zero-order valence-corrected chi connectivity index (χ0v) is 27.1. The number of hydrogen-bond acceptors (Lipinski definition) is 4. The maximum absolute atomic E-state index is 13.9. The van der Waals surface area contributed by atoms with Crippen LogP contribution < -0.4 is 9.62 Å². The Balaban J connectivity index is 1.93. The smallest absolute Gasteiger partial charge is 0.243 e. The van der Waals surface area contributed by atoms with E-state index in [4.69, 9.17) is 23.2 Å². The van der Waals surface area contributed by atoms with Crippen molar-refractivity contribution in [3.05, 3.63) is 99.0 Å². The molecule has 0 saturated heterocycles. The van der Waals surface area contributed by atoms with Crippen molar-refractivity contribution < 1.29 is 18.0 Å². The van der Waals surface area contributed by atoms with Crippen LogP contribution in [0.2, 0.25) is 10.0 Å². The minimum Gasteiger partial charge on any atom is -0.352 e. The van der Waals surface area contributed by atoms with E-state index in [0.29, 0.717) is 27.7 Å². The molecular formula is C32H39Cl2N3O4S. The van der Waals surface area contributed by atoms with Gasteiger partial charge in [-0.15, -0.1) is 0 Å². The van der Waals surface area contributed by atoms with E-state index in [-0.39, 0.29) is 43.8 Å². The summed E-state index contributed by atoms with van der Waals surface area (Å²) in [5, 5.41) is 3.82. The average molecular weight is 633 g/mol. The van der Waals surface area contributed by atoms with Crippen molar-refractivity contribution in [2.24, 2.45) is 0 Å². The Morgan fingerprint density at radius 3 is 2.26 bits per heavy atom. The highest BCUT2D eigenvalue weighted by molar-refractivity contribution is 7.92. The van der Waals surface area contributed by atoms with E-state index < -0.39 is 16.1 Å². The van der Waals surface area contributed by atoms with Gasteiger partial charge in [0.15, 0.2) is 0 Å². The largest absolute Gasteiger partial charge is 0.352 e. The molecule has 0 aromatic heterocycles. The van der Waals surface area contributed by atoms with Crippen LogP contribution in [0.3, 0.4) is 0 Å². The van der Waals surface area contributed by atoms with Crippen molar-refractivity contribution in [1.29, 1.82) is 0 Å². The minimum absolute atomic E-state index is 0.0301. The van der Waals surface area contributed by atoms with Crippen molar-refractivity contribution in [2.45, 2.75) is 65.6 Å². The number of nitrogens with one attached hydrogen (secondary N) is 1. The normalized spacial score (nSPS) is 12.2. The lowest BCUT2D eigenvalue weighted by Gasteiger charge is -2.33. The molecule has 2 amide bonds. The van der Waals surface area contributed by atoms with Gasteiger partial charge in [-0.3, -0.25) is 13.9 Å². The fourth-order valence-electron chi connectivity index (χ4n) is 4.76. The van der Waals surface area contributed by atoms with Gasteiger partial charge in [0.2, 0.25) is 21.8 Å². The highest BCUT2D eigenvalue weighted by Crippen LogP contribution is 2.27. The first-order valence-corrected chi connectivity index (χ1v) is 16.5. The lowest BCUT2D eigenvalue weighted by molar-refractivity contribution is -0.141. The van der Waals surface area contributed by atoms with E-state index in [1.165, 1.54) is 4.31 Å². The molecule has 0 fully saturated rings. The van der Waals surface area contributed by atoms with Crippen LogP contribution in [0.4, 0.5) is 5.69 Å². The van der Waals surface area contributed by atoms with Gasteiger partial charge in [-0.05, 0) is 74.6 Å². The maximum atomic E-state index is 13.9. The third-order valence-electron chi connectivity index (χ3n) is 7.05. The number of sulfonamides is 1. The number of anilines is 1. The van der Waals surface area contributed by atoms with Crippen LogP contribution in [0, 0.1) is 13.8 Å². The number of aryl methyl sites for hydroxylation is 1. The number of nitrogens with zero attached hydrogens (tertiary/aromatic N) is 2. The summed E-state index contributed by atoms with van der Waals surface area (Å²) in [5.41, 5.74) is 3.98. The summed E-state index contributed by atoms with van der Waals surface area (Å²) in [6.45, 7) is 7.75. The second kappa shape index (κ2) is 14.9. The van der Waals surface area contributed by atoms with Gasteiger partial charge in [-0.25, -0.2) is 8.42 Å². The van der Waals surface area contributed by atoms with E-state index in [1.54, 1.807) is 29.2 Å². The predicted molar refractivity (Wildman–Crippen MR) is 172 cm³/mol. The standard InChI is InChI=1S/C32H39Cl2N3O4S/c1-22(2)35-32(39)30(19-25-12-7-6-8-13-25)36(21-26-16-17-27(33)20-28(26)34)31(38)15-10-18-37(42(5,40)41)29-14-9-11-23(3)24(29)4/h6-9,11-14,16-17,20,22,30H,10,15,18-19,21H2,1-5H3,(H,35,39)/t30-/m0/s1. The molecule has 0 aliphatic heterocycles. The first kappa shape index (κ1) is 33.4. The first-order valence-electron chi connectivity index (χ1n) is 13.9. The molecule has 0 saturated carbocycles. The Hall–Kier alpha value is -3.07. The van der Waals surface area contributed by atoms with Crippen LogP contribution in [0.15, 0.2) is 66.7 Å². The number of carbonyl (C=O) groups is 2. The molecule has 0 aliphatic carbocycles. The molecular weight excluding hydrogens is 593 g/mol. The average Bonchev–Trinajstić information content (AvgIpc) is 2.91. The molecule has 1 atom stereocenters. The summed E-state index contributed by atoms with van der Waals surface area (Å²) in [4.78, 5) is 29.0. The molecule has 3 aromatic carbocycles. The van der Waals surface area contributed by atoms with Crippen LogP contribution >= 0.6 is 23.2 Å². The van der Waals surface area contributed by atoms with E-state index in [0.717, 1.165) is 22.9 Å². The Morgan fingerprint density at radius 1 is 0.952 bits per heavy atom. The quantitative estimate of drug-likeness (QED) is 0.239. The maximum Gasteiger partial charge on any atom is 0.243 e. The molecule has 0 heterocycles. The van der Waals surface area contributed by atoms with Gasteiger partial charge in [0.05, 0.1) is 11.9 Å². The van der Waals surface area contributed by atoms with Crippen LogP contribution in [0.25, 0.3) is 0 Å². The van der Waals surface area contributed by atoms with Crippen molar-refractivity contribution >= 4 is 50.7 Å². The Morgan fingerprint density at radius 2 is 1.64 bits per heavy atom. The molecule has 0 aliphatic rings. The molecule has 0 unspecified atom stereocenters. The Labute approximate surface area is 259 Å². The zero-order valence-electron chi connectivity index (χ0n) is 24.7. The second-order valence-electron chi connectivity index (χ2n) is 10.8. The lowest BCUT2D eigenvalue weighted by Crippen LogP contribution is -2.51. The molecule has 0 spiro atoms. The molecule has 0 radical (unpaired) electrons. The highest BCUT2D eigenvalue weighted by atomic mass is 35.5. The SMILES string of the molecule is Cc1cccc(N(CCCC(=O)N(Cc2ccc(Cl)cc2Cl)[C@@H](Cc2ccccc2)C(=O)NC(C)C)S(C)(=O)=O)c1C. The van der Waals surface area contributed by atoms with Crippen LogP contribution in [-0.4, -0.2) is 50.0 Å². The summed E-state index contributed by atoms with van der Waals surface area (Å²) in [5.74, 6) is -0.560. The van der Waals surface area contributed by atoms with Gasteiger partial charge in [-0.2, -0.15) is 0 Å². The van der Waals surface area contributed by atoms with Crippen LogP contribution in [-0.2, 0) is 32.6 Å². The summed E-state index contributed by atoms with van der Waals surface area (Å²) >= 11 is 12.6. The fraction of sp³-hybridized carbons (Fsp3) is 0.375. The van der Waals surface area contributed by atoms with Crippen molar-refractivity contribution in [3.63, 3.8) is 0 Å². The number of amides is 2. The van der Waals surface area contributed by atoms with Crippen molar-refractivity contribution in [2.75, 3.05) is 17.1 Å². The van der Waals surface area contributed by atoms with Crippen LogP contribution in [0.1, 0.15) is 48.9 Å². The number of rotatable bonds is 13. The molecule has 0 bridgehead atoms. The molecule has 3 rings (SSSR count). The molecule has 1 N–H and O–H groups in total. The molecule has 3 aromatic rings. The molecule has 42 heavy (non-hydrogen) atoms. The molecule has 226 valence electrons. The van der Waals surface area contributed by atoms with Gasteiger partial charge < -0.3 is 10.2 Å². The number of carbonyl (C=O) groups excluding carboxylic acids is 2. The predicted octanol–water partition coefficient (Wildman–Crippen LogP) is 6.32. The van der Waals surface area contributed by atoms with Gasteiger partial charge in [-0.1, -0.05) is 71.7 Å². The number of benzene rings is 3. The molecule has 7 nitrogen and oxygen atoms in total. The second-order valence-corrected chi connectivity index (χ2v) is 13.5. The van der Waals surface area contributed by atoms with Crippen molar-refractivity contribution in [1.82, 2.24) is 10.2 Å². The lowest BCUT2D eigenvalue weighted by atomic mass is 10.0. The summed E-state index contributed by atoms with van der Waals surface area (Å²) in [7, 11) is -3.60. The number of hydrogen-bond donors (Lipinski definition) is 1. The zero-order chi connectivity index (χ0) is 31.0. The van der Waals surface area contributed by atoms with E-state index in [9.17, 15) is 18.0 Å². The van der Waals surface area contributed by atoms with E-state index >= 15 is 0 Å². The van der Waals surface area contributed by atoms with Gasteiger partial charge in [0.25, 0.3) is 0 Å². The first-order chi connectivity index (χ1) is 19.8. The Kier molecular flexibility index (Phi) is 11.9.